The SMILES string of the molecule is Cc1csc2nc(Cl)c(C(O)C(=O)O)n12. The van der Waals surface area contributed by atoms with Crippen LogP contribution in [0.25, 0.3) is 4.96 Å². The van der Waals surface area contributed by atoms with Gasteiger partial charge in [0, 0.05) is 11.1 Å². The van der Waals surface area contributed by atoms with Gasteiger partial charge >= 0.3 is 5.97 Å². The zero-order valence-electron chi connectivity index (χ0n) is 7.64. The van der Waals surface area contributed by atoms with E-state index in [2.05, 4.69) is 4.98 Å². The third-order valence-electron chi connectivity index (χ3n) is 2.02. The summed E-state index contributed by atoms with van der Waals surface area (Å²) in [6.45, 7) is 1.79. The minimum absolute atomic E-state index is 0.0276. The average molecular weight is 247 g/mol. The molecule has 1 atom stereocenters. The highest BCUT2D eigenvalue weighted by Gasteiger charge is 2.25. The molecule has 0 fully saturated rings. The van der Waals surface area contributed by atoms with Crippen molar-refractivity contribution >= 4 is 33.9 Å². The number of aliphatic hydroxyl groups excluding tert-OH is 1. The molecule has 15 heavy (non-hydrogen) atoms. The number of carbonyl (C=O) groups is 1. The van der Waals surface area contributed by atoms with Crippen molar-refractivity contribution < 1.29 is 15.0 Å². The van der Waals surface area contributed by atoms with E-state index >= 15 is 0 Å². The molecule has 0 amide bonds. The monoisotopic (exact) mass is 246 g/mol. The summed E-state index contributed by atoms with van der Waals surface area (Å²) in [6.07, 6.45) is -1.65. The van der Waals surface area contributed by atoms with E-state index in [-0.39, 0.29) is 10.8 Å². The smallest absolute Gasteiger partial charge is 0.338 e. The molecule has 0 aromatic carbocycles. The number of rotatable bonds is 2. The second kappa shape index (κ2) is 3.48. The Hall–Kier alpha value is -1.11. The highest BCUT2D eigenvalue weighted by molar-refractivity contribution is 7.15. The summed E-state index contributed by atoms with van der Waals surface area (Å²) in [5.41, 5.74) is 0.905. The largest absolute Gasteiger partial charge is 0.479 e. The topological polar surface area (TPSA) is 74.8 Å². The second-order valence-electron chi connectivity index (χ2n) is 3.02. The fraction of sp³-hybridized carbons (Fsp3) is 0.250. The predicted octanol–water partition coefficient (Wildman–Crippen LogP) is 1.48. The van der Waals surface area contributed by atoms with Crippen LogP contribution in [0.5, 0.6) is 0 Å². The van der Waals surface area contributed by atoms with Gasteiger partial charge in [-0.05, 0) is 6.92 Å². The lowest BCUT2D eigenvalue weighted by atomic mass is 10.3. The number of aliphatic carboxylic acids is 1. The number of fused-ring (bicyclic) bond motifs is 1. The Morgan fingerprint density at radius 2 is 2.40 bits per heavy atom. The van der Waals surface area contributed by atoms with Crippen LogP contribution >= 0.6 is 22.9 Å². The van der Waals surface area contributed by atoms with Crippen LogP contribution in [0.4, 0.5) is 0 Å². The van der Waals surface area contributed by atoms with Crippen LogP contribution in [0.3, 0.4) is 0 Å². The number of carboxylic acid groups (broad SMARTS) is 1. The van der Waals surface area contributed by atoms with Gasteiger partial charge < -0.3 is 10.2 Å². The first kappa shape index (κ1) is 10.4. The summed E-state index contributed by atoms with van der Waals surface area (Å²) in [6, 6.07) is 0. The molecule has 2 heterocycles. The van der Waals surface area contributed by atoms with Gasteiger partial charge in [-0.15, -0.1) is 11.3 Å². The fourth-order valence-corrected chi connectivity index (χ4v) is 2.54. The molecule has 2 aromatic heterocycles. The number of hydrogen-bond acceptors (Lipinski definition) is 4. The van der Waals surface area contributed by atoms with Gasteiger partial charge in [0.05, 0.1) is 0 Å². The van der Waals surface area contributed by atoms with E-state index in [0.29, 0.717) is 4.96 Å². The zero-order chi connectivity index (χ0) is 11.2. The van der Waals surface area contributed by atoms with E-state index in [1.165, 1.54) is 11.3 Å². The van der Waals surface area contributed by atoms with Gasteiger partial charge in [0.1, 0.15) is 5.69 Å². The lowest BCUT2D eigenvalue weighted by Gasteiger charge is -2.05. The van der Waals surface area contributed by atoms with E-state index in [0.717, 1.165) is 5.69 Å². The summed E-state index contributed by atoms with van der Waals surface area (Å²) >= 11 is 7.11. The van der Waals surface area contributed by atoms with Crippen LogP contribution < -0.4 is 0 Å². The van der Waals surface area contributed by atoms with Crippen molar-refractivity contribution in [2.45, 2.75) is 13.0 Å². The van der Waals surface area contributed by atoms with Crippen molar-refractivity contribution in [2.24, 2.45) is 0 Å². The Kier molecular flexibility index (Phi) is 2.41. The van der Waals surface area contributed by atoms with Gasteiger partial charge in [-0.1, -0.05) is 11.6 Å². The molecule has 0 saturated carbocycles. The number of imidazole rings is 1. The first-order valence-corrected chi connectivity index (χ1v) is 5.31. The maximum Gasteiger partial charge on any atom is 0.338 e. The van der Waals surface area contributed by atoms with E-state index in [4.69, 9.17) is 16.7 Å². The molecule has 0 bridgehead atoms. The van der Waals surface area contributed by atoms with Gasteiger partial charge in [-0.25, -0.2) is 9.78 Å². The van der Waals surface area contributed by atoms with E-state index in [1.807, 2.05) is 5.38 Å². The number of aliphatic hydroxyl groups is 1. The maximum absolute atomic E-state index is 10.7. The molecule has 5 nitrogen and oxygen atoms in total. The number of aryl methyl sites for hydroxylation is 1. The second-order valence-corrected chi connectivity index (χ2v) is 4.22. The molecule has 0 saturated heterocycles. The molecule has 0 aliphatic heterocycles. The summed E-state index contributed by atoms with van der Waals surface area (Å²) in [5.74, 6) is -1.34. The van der Waals surface area contributed by atoms with Crippen LogP contribution in [0.15, 0.2) is 5.38 Å². The number of aromatic nitrogens is 2. The molecule has 1 unspecified atom stereocenters. The van der Waals surface area contributed by atoms with Crippen molar-refractivity contribution in [1.82, 2.24) is 9.38 Å². The molecule has 0 aliphatic rings. The Morgan fingerprint density at radius 1 is 1.73 bits per heavy atom. The van der Waals surface area contributed by atoms with E-state index in [1.54, 1.807) is 11.3 Å². The average Bonchev–Trinajstić information content (AvgIpc) is 2.65. The van der Waals surface area contributed by atoms with Gasteiger partial charge in [0.2, 0.25) is 0 Å². The first-order valence-electron chi connectivity index (χ1n) is 4.05. The molecule has 0 radical (unpaired) electrons. The standard InChI is InChI=1S/C8H7ClN2O3S/c1-3-2-15-8-10-6(9)4(11(3)8)5(12)7(13)14/h2,5,12H,1H3,(H,13,14). The van der Waals surface area contributed by atoms with Crippen LogP contribution in [0.2, 0.25) is 5.15 Å². The number of carboxylic acids is 1. The number of hydrogen-bond donors (Lipinski definition) is 2. The normalized spacial score (nSPS) is 13.3. The highest BCUT2D eigenvalue weighted by atomic mass is 35.5. The molecule has 0 spiro atoms. The number of nitrogens with zero attached hydrogens (tertiary/aromatic N) is 2. The fourth-order valence-electron chi connectivity index (χ4n) is 1.35. The molecule has 2 aromatic rings. The molecular weight excluding hydrogens is 240 g/mol. The van der Waals surface area contributed by atoms with Crippen molar-refractivity contribution in [3.05, 3.63) is 21.9 Å². The van der Waals surface area contributed by atoms with Gasteiger partial charge in [-0.3, -0.25) is 4.40 Å². The van der Waals surface area contributed by atoms with Crippen LogP contribution in [0, 0.1) is 6.92 Å². The lowest BCUT2D eigenvalue weighted by Crippen LogP contribution is -2.13. The van der Waals surface area contributed by atoms with E-state index < -0.39 is 12.1 Å². The van der Waals surface area contributed by atoms with Crippen molar-refractivity contribution in [3.63, 3.8) is 0 Å². The molecular formula is C8H7ClN2O3S. The minimum atomic E-state index is -1.65. The van der Waals surface area contributed by atoms with Crippen molar-refractivity contribution in [2.75, 3.05) is 0 Å². The molecule has 7 heteroatoms. The zero-order valence-corrected chi connectivity index (χ0v) is 9.21. The van der Waals surface area contributed by atoms with Crippen molar-refractivity contribution in [3.8, 4) is 0 Å². The Balaban J connectivity index is 2.71. The number of halogens is 1. The summed E-state index contributed by atoms with van der Waals surface area (Å²) in [5, 5.41) is 20.0. The molecule has 0 aliphatic carbocycles. The summed E-state index contributed by atoms with van der Waals surface area (Å²) < 4.78 is 1.55. The highest BCUT2D eigenvalue weighted by Crippen LogP contribution is 2.28. The Bertz CT molecular complexity index is 533. The van der Waals surface area contributed by atoms with Gasteiger partial charge in [-0.2, -0.15) is 0 Å². The Labute approximate surface area is 93.6 Å². The van der Waals surface area contributed by atoms with Crippen LogP contribution in [-0.2, 0) is 4.79 Å². The lowest BCUT2D eigenvalue weighted by molar-refractivity contribution is -0.147. The van der Waals surface area contributed by atoms with Crippen molar-refractivity contribution in [1.29, 1.82) is 0 Å². The molecule has 2 N–H and O–H groups in total. The maximum atomic E-state index is 10.7. The number of thiazole rings is 1. The van der Waals surface area contributed by atoms with Gasteiger partial charge in [0.25, 0.3) is 0 Å². The summed E-state index contributed by atoms with van der Waals surface area (Å²) in [4.78, 5) is 15.2. The Morgan fingerprint density at radius 3 is 3.00 bits per heavy atom. The minimum Gasteiger partial charge on any atom is -0.479 e. The molecule has 2 rings (SSSR count). The van der Waals surface area contributed by atoms with E-state index in [9.17, 15) is 9.90 Å². The summed E-state index contributed by atoms with van der Waals surface area (Å²) in [7, 11) is 0. The third kappa shape index (κ3) is 1.50. The molecule has 80 valence electrons. The third-order valence-corrected chi connectivity index (χ3v) is 3.24. The quantitative estimate of drug-likeness (QED) is 0.842. The predicted molar refractivity (Wildman–Crippen MR) is 55.4 cm³/mol. The first-order chi connectivity index (χ1) is 7.02. The van der Waals surface area contributed by atoms with Gasteiger partial charge in [0.15, 0.2) is 16.2 Å². The van der Waals surface area contributed by atoms with Crippen LogP contribution in [-0.4, -0.2) is 25.6 Å². The van der Waals surface area contributed by atoms with Crippen LogP contribution in [0.1, 0.15) is 17.5 Å².